The Morgan fingerprint density at radius 3 is 2.62 bits per heavy atom. The van der Waals surface area contributed by atoms with E-state index in [4.69, 9.17) is 28.8 Å². The van der Waals surface area contributed by atoms with Crippen LogP contribution in [-0.2, 0) is 13.1 Å². The van der Waals surface area contributed by atoms with Crippen LogP contribution in [0, 0.1) is 0 Å². The van der Waals surface area contributed by atoms with Crippen molar-refractivity contribution in [1.82, 2.24) is 14.5 Å². The quantitative estimate of drug-likeness (QED) is 0.326. The van der Waals surface area contributed by atoms with Crippen molar-refractivity contribution in [3.8, 4) is 0 Å². The van der Waals surface area contributed by atoms with Crippen LogP contribution in [0.25, 0.3) is 0 Å². The Hall–Kier alpha value is -3.83. The van der Waals surface area contributed by atoms with E-state index in [1.807, 2.05) is 42.5 Å². The number of allylic oxidation sites excluding steroid dienone is 5. The van der Waals surface area contributed by atoms with Gasteiger partial charge in [0.25, 0.3) is 5.56 Å². The third kappa shape index (κ3) is 7.14. The smallest absolute Gasteiger partial charge is 0.277 e. The Morgan fingerprint density at radius 2 is 1.98 bits per heavy atom. The second kappa shape index (κ2) is 13.9. The maximum Gasteiger partial charge on any atom is 0.277 e. The fraction of sp³-hybridized carbons (Fsp3) is 0.355. The van der Waals surface area contributed by atoms with Gasteiger partial charge in [0.1, 0.15) is 11.4 Å². The molecule has 1 saturated heterocycles. The molecule has 1 aliphatic heterocycles. The van der Waals surface area contributed by atoms with Gasteiger partial charge in [0.05, 0.1) is 29.9 Å². The molecule has 0 bridgehead atoms. The van der Waals surface area contributed by atoms with Crippen molar-refractivity contribution in [2.75, 3.05) is 39.5 Å². The first-order chi connectivity index (χ1) is 20.2. The average molecular weight is 591 g/mol. The molecule has 2 heterocycles. The normalized spacial score (nSPS) is 18.2. The Labute approximate surface area is 251 Å². The molecule has 1 fully saturated rings. The number of aliphatic imine (C=N–C) groups is 2. The molecule has 4 rings (SSSR count). The molecule has 0 atom stereocenters. The lowest BCUT2D eigenvalue weighted by atomic mass is 9.91. The second-order valence-electron chi connectivity index (χ2n) is 10.5. The van der Waals surface area contributed by atoms with Gasteiger partial charge in [-0.1, -0.05) is 48.0 Å². The van der Waals surface area contributed by atoms with Gasteiger partial charge in [-0.25, -0.2) is 4.98 Å². The van der Waals surface area contributed by atoms with Gasteiger partial charge >= 0.3 is 0 Å². The van der Waals surface area contributed by atoms with Crippen LogP contribution in [0.5, 0.6) is 0 Å². The van der Waals surface area contributed by atoms with Crippen molar-refractivity contribution in [2.45, 2.75) is 38.0 Å². The minimum absolute atomic E-state index is 0.00704. The molecule has 1 aromatic carbocycles. The molecule has 10 nitrogen and oxygen atoms in total. The number of likely N-dealkylation sites (tertiary alicyclic amines) is 1. The minimum Gasteiger partial charge on any atom is -0.405 e. The van der Waals surface area contributed by atoms with E-state index in [0.29, 0.717) is 61.9 Å². The Bertz CT molecular complexity index is 1540. The zero-order valence-corrected chi connectivity index (χ0v) is 24.9. The number of piperidine rings is 1. The van der Waals surface area contributed by atoms with Crippen molar-refractivity contribution >= 4 is 28.7 Å². The summed E-state index contributed by atoms with van der Waals surface area (Å²) in [6, 6.07) is 5.86. The van der Waals surface area contributed by atoms with E-state index in [1.165, 1.54) is 17.1 Å². The first-order valence-electron chi connectivity index (χ1n) is 13.9. The highest BCUT2D eigenvalue weighted by Crippen LogP contribution is 2.27. The van der Waals surface area contributed by atoms with Crippen LogP contribution in [0.4, 0.5) is 5.69 Å². The molecule has 2 aliphatic rings. The number of rotatable bonds is 9. The Morgan fingerprint density at radius 1 is 1.21 bits per heavy atom. The third-order valence-electron chi connectivity index (χ3n) is 7.72. The number of nitrogens with zero attached hydrogens (tertiary/aromatic N) is 5. The van der Waals surface area contributed by atoms with Crippen LogP contribution in [0.2, 0.25) is 5.02 Å². The van der Waals surface area contributed by atoms with Crippen molar-refractivity contribution in [2.24, 2.45) is 21.5 Å². The molecule has 1 aliphatic carbocycles. The Balaban J connectivity index is 1.43. The second-order valence-corrected chi connectivity index (χ2v) is 10.9. The summed E-state index contributed by atoms with van der Waals surface area (Å²) < 4.78 is 1.40. The number of nitrogen functional groups attached to an aromatic ring is 1. The van der Waals surface area contributed by atoms with Crippen LogP contribution in [-0.4, -0.2) is 70.3 Å². The molecule has 7 N–H and O–H groups in total. The lowest BCUT2D eigenvalue weighted by Crippen LogP contribution is -2.48. The lowest BCUT2D eigenvalue weighted by molar-refractivity contribution is -0.0365. The van der Waals surface area contributed by atoms with Crippen LogP contribution in [0.3, 0.4) is 0 Å². The number of aliphatic hydroxyl groups is 1. The fourth-order valence-corrected chi connectivity index (χ4v) is 5.50. The monoisotopic (exact) mass is 590 g/mol. The van der Waals surface area contributed by atoms with E-state index in [0.717, 1.165) is 28.0 Å². The molecular formula is C31H39ClN8O2. The van der Waals surface area contributed by atoms with Crippen LogP contribution >= 0.6 is 11.6 Å². The topological polar surface area (TPSA) is 161 Å². The summed E-state index contributed by atoms with van der Waals surface area (Å²) in [6.45, 7) is 2.48. The van der Waals surface area contributed by atoms with Crippen molar-refractivity contribution < 1.29 is 5.11 Å². The predicted molar refractivity (Wildman–Crippen MR) is 171 cm³/mol. The SMILES string of the molecule is CN=C(C=CN)c1ccc(CN2CCC(O)(Cn3cnc(C(=NC)C4=CC=C(CN)C=CC4)c(N)c3=O)CC2)c(Cl)c1. The van der Waals surface area contributed by atoms with Crippen molar-refractivity contribution in [3.05, 3.63) is 104 Å². The third-order valence-corrected chi connectivity index (χ3v) is 8.07. The summed E-state index contributed by atoms with van der Waals surface area (Å²) in [6.07, 6.45) is 14.1. The van der Waals surface area contributed by atoms with Crippen LogP contribution in [0.15, 0.2) is 87.0 Å². The fourth-order valence-electron chi connectivity index (χ4n) is 5.26. The standard InChI is InChI=1S/C31H39ClN8O2/c1-36-26(10-13-33)23-8-9-24(25(32)16-23)18-39-14-11-31(42,12-15-39)19-40-20-38-29(27(35)30(40)41)28(37-2)22-5-3-4-21(17-34)6-7-22/h3-4,6-10,13,16,20,42H,5,11-12,14-15,17-19,33-35H2,1-2H3. The number of aromatic nitrogens is 2. The van der Waals surface area contributed by atoms with Crippen molar-refractivity contribution in [3.63, 3.8) is 0 Å². The molecule has 0 radical (unpaired) electrons. The van der Waals surface area contributed by atoms with E-state index >= 15 is 0 Å². The maximum atomic E-state index is 13.3. The highest BCUT2D eigenvalue weighted by atomic mass is 35.5. The molecule has 0 amide bonds. The summed E-state index contributed by atoms with van der Waals surface area (Å²) >= 11 is 6.60. The van der Waals surface area contributed by atoms with E-state index in [-0.39, 0.29) is 12.2 Å². The molecule has 0 saturated carbocycles. The summed E-state index contributed by atoms with van der Waals surface area (Å²) in [5.41, 5.74) is 21.6. The number of nitrogens with two attached hydrogens (primary N) is 3. The zero-order valence-electron chi connectivity index (χ0n) is 24.1. The molecule has 1 aromatic heterocycles. The first-order valence-corrected chi connectivity index (χ1v) is 14.3. The summed E-state index contributed by atoms with van der Waals surface area (Å²) in [7, 11) is 3.36. The van der Waals surface area contributed by atoms with Crippen LogP contribution < -0.4 is 22.8 Å². The number of hydrogen-bond donors (Lipinski definition) is 4. The lowest BCUT2D eigenvalue weighted by Gasteiger charge is -2.38. The molecular weight excluding hydrogens is 552 g/mol. The van der Waals surface area contributed by atoms with Gasteiger partial charge in [0.15, 0.2) is 0 Å². The zero-order chi connectivity index (χ0) is 30.3. The maximum absolute atomic E-state index is 13.3. The Kier molecular flexibility index (Phi) is 10.3. The van der Waals surface area contributed by atoms with Gasteiger partial charge in [-0.2, -0.15) is 0 Å². The molecule has 11 heteroatoms. The van der Waals surface area contributed by atoms with Crippen molar-refractivity contribution in [1.29, 1.82) is 0 Å². The largest absolute Gasteiger partial charge is 0.405 e. The number of halogens is 1. The van der Waals surface area contributed by atoms with Gasteiger partial charge in [-0.3, -0.25) is 24.2 Å². The number of benzene rings is 1. The number of hydrogen-bond acceptors (Lipinski definition) is 9. The molecule has 222 valence electrons. The van der Waals surface area contributed by atoms with Gasteiger partial charge in [-0.05, 0) is 54.3 Å². The predicted octanol–water partition coefficient (Wildman–Crippen LogP) is 2.59. The summed E-state index contributed by atoms with van der Waals surface area (Å²) in [5.74, 6) is 0. The van der Waals surface area contributed by atoms with E-state index in [1.54, 1.807) is 20.2 Å². The van der Waals surface area contributed by atoms with Crippen LogP contribution in [0.1, 0.15) is 36.1 Å². The van der Waals surface area contributed by atoms with Gasteiger partial charge < -0.3 is 22.3 Å². The molecule has 42 heavy (non-hydrogen) atoms. The van der Waals surface area contributed by atoms with Gasteiger partial charge in [-0.15, -0.1) is 0 Å². The minimum atomic E-state index is -1.07. The highest BCUT2D eigenvalue weighted by molar-refractivity contribution is 6.32. The summed E-state index contributed by atoms with van der Waals surface area (Å²) in [5, 5.41) is 12.0. The summed E-state index contributed by atoms with van der Waals surface area (Å²) in [4.78, 5) is 28.7. The van der Waals surface area contributed by atoms with E-state index in [9.17, 15) is 9.90 Å². The van der Waals surface area contributed by atoms with E-state index < -0.39 is 11.2 Å². The molecule has 0 spiro atoms. The van der Waals surface area contributed by atoms with Gasteiger partial charge in [0.2, 0.25) is 0 Å². The molecule has 2 aromatic rings. The van der Waals surface area contributed by atoms with Gasteiger partial charge in [0, 0.05) is 50.9 Å². The highest BCUT2D eigenvalue weighted by Gasteiger charge is 2.33. The number of anilines is 1. The average Bonchev–Trinajstić information content (AvgIpc) is 3.24. The first kappa shape index (κ1) is 31.1. The molecule has 0 unspecified atom stereocenters. The van der Waals surface area contributed by atoms with E-state index in [2.05, 4.69) is 19.9 Å².